The van der Waals surface area contributed by atoms with Crippen molar-refractivity contribution < 1.29 is 4.39 Å². The Morgan fingerprint density at radius 2 is 2.06 bits per heavy atom. The molecule has 94 valence electrons. The highest BCUT2D eigenvalue weighted by Crippen LogP contribution is 2.25. The van der Waals surface area contributed by atoms with Crippen LogP contribution >= 0.6 is 0 Å². The molecule has 2 rings (SSSR count). The highest BCUT2D eigenvalue weighted by atomic mass is 19.1. The zero-order valence-electron chi connectivity index (χ0n) is 10.6. The van der Waals surface area contributed by atoms with Crippen LogP contribution in [-0.4, -0.2) is 9.97 Å². The number of rotatable bonds is 2. The largest absolute Gasteiger partial charge is 0.313 e. The minimum Gasteiger partial charge on any atom is -0.313 e. The minimum absolute atomic E-state index is 0.0582. The van der Waals surface area contributed by atoms with Gasteiger partial charge in [0.1, 0.15) is 5.82 Å². The molecule has 0 bridgehead atoms. The van der Waals surface area contributed by atoms with E-state index in [9.17, 15) is 9.18 Å². The predicted molar refractivity (Wildman–Crippen MR) is 69.1 cm³/mol. The molecular weight excluding hydrogens is 231 g/mol. The van der Waals surface area contributed by atoms with Crippen molar-refractivity contribution in [2.24, 2.45) is 0 Å². The number of nitrogens with zero attached hydrogens (tertiary/aromatic N) is 1. The summed E-state index contributed by atoms with van der Waals surface area (Å²) in [6, 6.07) is 4.76. The van der Waals surface area contributed by atoms with Crippen LogP contribution in [-0.2, 0) is 0 Å². The molecule has 0 spiro atoms. The van der Waals surface area contributed by atoms with Gasteiger partial charge in [0.05, 0.1) is 12.0 Å². The molecule has 18 heavy (non-hydrogen) atoms. The molecule has 2 aromatic rings. The van der Waals surface area contributed by atoms with Crippen molar-refractivity contribution in [3.63, 3.8) is 0 Å². The summed E-state index contributed by atoms with van der Waals surface area (Å²) < 4.78 is 13.3. The zero-order valence-corrected chi connectivity index (χ0v) is 10.6. The SMILES string of the molecule is Cc1cc(-c2nc[nH]c(=O)c2C(C)C)ccc1F. The van der Waals surface area contributed by atoms with Gasteiger partial charge in [-0.2, -0.15) is 0 Å². The number of hydrogen-bond donors (Lipinski definition) is 1. The van der Waals surface area contributed by atoms with Crippen LogP contribution < -0.4 is 5.56 Å². The fourth-order valence-electron chi connectivity index (χ4n) is 1.97. The quantitative estimate of drug-likeness (QED) is 0.885. The summed E-state index contributed by atoms with van der Waals surface area (Å²) in [4.78, 5) is 18.6. The van der Waals surface area contributed by atoms with Crippen LogP contribution in [0.4, 0.5) is 4.39 Å². The van der Waals surface area contributed by atoms with E-state index in [0.29, 0.717) is 16.8 Å². The normalized spacial score (nSPS) is 10.9. The van der Waals surface area contributed by atoms with Crippen LogP contribution in [0.15, 0.2) is 29.3 Å². The van der Waals surface area contributed by atoms with E-state index in [1.54, 1.807) is 19.1 Å². The van der Waals surface area contributed by atoms with Gasteiger partial charge in [-0.15, -0.1) is 0 Å². The van der Waals surface area contributed by atoms with Gasteiger partial charge >= 0.3 is 0 Å². The standard InChI is InChI=1S/C14H15FN2O/c1-8(2)12-13(16-7-17-14(12)18)10-4-5-11(15)9(3)6-10/h4-8H,1-3H3,(H,16,17,18). The van der Waals surface area contributed by atoms with Gasteiger partial charge in [-0.3, -0.25) is 4.79 Å². The van der Waals surface area contributed by atoms with E-state index < -0.39 is 0 Å². The van der Waals surface area contributed by atoms with E-state index in [-0.39, 0.29) is 17.3 Å². The number of benzene rings is 1. The third-order valence-electron chi connectivity index (χ3n) is 2.90. The van der Waals surface area contributed by atoms with Gasteiger partial charge in [0.25, 0.3) is 5.56 Å². The molecule has 0 radical (unpaired) electrons. The first-order valence-electron chi connectivity index (χ1n) is 5.84. The topological polar surface area (TPSA) is 45.8 Å². The summed E-state index contributed by atoms with van der Waals surface area (Å²) >= 11 is 0. The average molecular weight is 246 g/mol. The Kier molecular flexibility index (Phi) is 3.28. The van der Waals surface area contributed by atoms with E-state index in [2.05, 4.69) is 9.97 Å². The lowest BCUT2D eigenvalue weighted by atomic mass is 9.97. The third kappa shape index (κ3) is 2.18. The average Bonchev–Trinajstić information content (AvgIpc) is 2.32. The molecule has 1 aromatic carbocycles. The van der Waals surface area contributed by atoms with Crippen molar-refractivity contribution in [2.75, 3.05) is 0 Å². The van der Waals surface area contributed by atoms with Crippen LogP contribution in [0.1, 0.15) is 30.9 Å². The summed E-state index contributed by atoms with van der Waals surface area (Å²) in [5, 5.41) is 0. The summed E-state index contributed by atoms with van der Waals surface area (Å²) in [6.07, 6.45) is 1.38. The van der Waals surface area contributed by atoms with Crippen molar-refractivity contribution in [1.82, 2.24) is 9.97 Å². The smallest absolute Gasteiger partial charge is 0.254 e. The number of aromatic nitrogens is 2. The first-order chi connectivity index (χ1) is 8.50. The highest BCUT2D eigenvalue weighted by Gasteiger charge is 2.14. The summed E-state index contributed by atoms with van der Waals surface area (Å²) in [5.41, 5.74) is 2.42. The van der Waals surface area contributed by atoms with E-state index in [4.69, 9.17) is 0 Å². The molecule has 0 fully saturated rings. The molecular formula is C14H15FN2O. The van der Waals surface area contributed by atoms with Gasteiger partial charge in [-0.25, -0.2) is 9.37 Å². The van der Waals surface area contributed by atoms with Crippen molar-refractivity contribution >= 4 is 0 Å². The number of aromatic amines is 1. The van der Waals surface area contributed by atoms with Gasteiger partial charge in [0, 0.05) is 11.1 Å². The van der Waals surface area contributed by atoms with Crippen LogP contribution in [0, 0.1) is 12.7 Å². The molecule has 0 aliphatic carbocycles. The number of aryl methyl sites for hydroxylation is 1. The molecule has 0 saturated carbocycles. The van der Waals surface area contributed by atoms with Gasteiger partial charge in [0.15, 0.2) is 0 Å². The first-order valence-corrected chi connectivity index (χ1v) is 5.84. The van der Waals surface area contributed by atoms with E-state index in [1.807, 2.05) is 13.8 Å². The Morgan fingerprint density at radius 1 is 1.33 bits per heavy atom. The zero-order chi connectivity index (χ0) is 13.3. The second-order valence-corrected chi connectivity index (χ2v) is 4.61. The molecule has 0 saturated heterocycles. The summed E-state index contributed by atoms with van der Waals surface area (Å²) in [5.74, 6) is -0.197. The molecule has 0 aliphatic rings. The second-order valence-electron chi connectivity index (χ2n) is 4.61. The van der Waals surface area contributed by atoms with Gasteiger partial charge in [0.2, 0.25) is 0 Å². The van der Waals surface area contributed by atoms with Crippen molar-refractivity contribution in [2.45, 2.75) is 26.7 Å². The van der Waals surface area contributed by atoms with E-state index in [1.165, 1.54) is 12.4 Å². The molecule has 0 atom stereocenters. The fraction of sp³-hybridized carbons (Fsp3) is 0.286. The fourth-order valence-corrected chi connectivity index (χ4v) is 1.97. The lowest BCUT2D eigenvalue weighted by Crippen LogP contribution is -2.16. The lowest BCUT2D eigenvalue weighted by molar-refractivity contribution is 0.618. The van der Waals surface area contributed by atoms with Crippen molar-refractivity contribution in [1.29, 1.82) is 0 Å². The summed E-state index contributed by atoms with van der Waals surface area (Å²) in [6.45, 7) is 5.57. The Balaban J connectivity index is 2.67. The second kappa shape index (κ2) is 4.72. The Hall–Kier alpha value is -1.97. The lowest BCUT2D eigenvalue weighted by Gasteiger charge is -2.11. The van der Waals surface area contributed by atoms with E-state index in [0.717, 1.165) is 5.56 Å². The molecule has 0 aliphatic heterocycles. The molecule has 0 amide bonds. The molecule has 0 unspecified atom stereocenters. The molecule has 1 N–H and O–H groups in total. The van der Waals surface area contributed by atoms with Crippen molar-refractivity contribution in [3.8, 4) is 11.3 Å². The summed E-state index contributed by atoms with van der Waals surface area (Å²) in [7, 11) is 0. The molecule has 1 heterocycles. The monoisotopic (exact) mass is 246 g/mol. The van der Waals surface area contributed by atoms with Crippen LogP contribution in [0.2, 0.25) is 0 Å². The number of nitrogens with one attached hydrogen (secondary N) is 1. The Morgan fingerprint density at radius 3 is 2.67 bits per heavy atom. The Bertz CT molecular complexity index is 632. The van der Waals surface area contributed by atoms with Crippen LogP contribution in [0.25, 0.3) is 11.3 Å². The molecule has 3 nitrogen and oxygen atoms in total. The number of halogens is 1. The molecule has 1 aromatic heterocycles. The van der Waals surface area contributed by atoms with Crippen LogP contribution in [0.3, 0.4) is 0 Å². The van der Waals surface area contributed by atoms with Crippen LogP contribution in [0.5, 0.6) is 0 Å². The van der Waals surface area contributed by atoms with Gasteiger partial charge < -0.3 is 4.98 Å². The maximum Gasteiger partial charge on any atom is 0.254 e. The predicted octanol–water partition coefficient (Wildman–Crippen LogP) is 3.01. The minimum atomic E-state index is -0.255. The third-order valence-corrected chi connectivity index (χ3v) is 2.90. The Labute approximate surface area is 105 Å². The molecule has 4 heteroatoms. The van der Waals surface area contributed by atoms with E-state index >= 15 is 0 Å². The number of H-pyrrole nitrogens is 1. The van der Waals surface area contributed by atoms with Gasteiger partial charge in [-0.05, 0) is 36.6 Å². The first kappa shape index (κ1) is 12.5. The number of hydrogen-bond acceptors (Lipinski definition) is 2. The highest BCUT2D eigenvalue weighted by molar-refractivity contribution is 5.63. The maximum atomic E-state index is 13.3. The maximum absolute atomic E-state index is 13.3. The van der Waals surface area contributed by atoms with Crippen molar-refractivity contribution in [3.05, 3.63) is 51.8 Å². The van der Waals surface area contributed by atoms with Gasteiger partial charge in [-0.1, -0.05) is 13.8 Å².